The summed E-state index contributed by atoms with van der Waals surface area (Å²) in [5.41, 5.74) is 1.37. The molecule has 2 aromatic rings. The second-order valence-electron chi connectivity index (χ2n) is 5.20. The predicted molar refractivity (Wildman–Crippen MR) is 87.7 cm³/mol. The largest absolute Gasteiger partial charge is 0.465 e. The summed E-state index contributed by atoms with van der Waals surface area (Å²) in [6.07, 6.45) is 0. The van der Waals surface area contributed by atoms with Gasteiger partial charge in [0.1, 0.15) is 5.82 Å². The Balaban J connectivity index is 2.40. The molecule has 24 heavy (non-hydrogen) atoms. The van der Waals surface area contributed by atoms with E-state index in [4.69, 9.17) is 9.88 Å². The molecule has 2 aromatic carbocycles. The molecule has 0 aromatic heterocycles. The lowest BCUT2D eigenvalue weighted by Crippen LogP contribution is -2.21. The minimum absolute atomic E-state index is 0.0774. The van der Waals surface area contributed by atoms with Gasteiger partial charge in [-0.15, -0.1) is 0 Å². The van der Waals surface area contributed by atoms with E-state index in [2.05, 4.69) is 0 Å². The highest BCUT2D eigenvalue weighted by molar-refractivity contribution is 7.89. The number of primary sulfonamides is 1. The summed E-state index contributed by atoms with van der Waals surface area (Å²) in [7, 11) is -1.01. The van der Waals surface area contributed by atoms with Gasteiger partial charge < -0.3 is 9.64 Å². The number of carbonyl (C=O) groups is 1. The van der Waals surface area contributed by atoms with E-state index in [0.29, 0.717) is 12.2 Å². The minimum atomic E-state index is -3.94. The van der Waals surface area contributed by atoms with Gasteiger partial charge in [-0.05, 0) is 35.9 Å². The van der Waals surface area contributed by atoms with Gasteiger partial charge in [0.15, 0.2) is 0 Å². The third kappa shape index (κ3) is 4.09. The minimum Gasteiger partial charge on any atom is -0.465 e. The third-order valence-corrected chi connectivity index (χ3v) is 4.36. The molecule has 0 saturated heterocycles. The van der Waals surface area contributed by atoms with Crippen molar-refractivity contribution in [3.8, 4) is 0 Å². The zero-order valence-electron chi connectivity index (χ0n) is 13.2. The number of nitrogens with zero attached hydrogens (tertiary/aromatic N) is 1. The summed E-state index contributed by atoms with van der Waals surface area (Å²) < 4.78 is 40.6. The Morgan fingerprint density at radius 3 is 2.38 bits per heavy atom. The maximum absolute atomic E-state index is 13.0. The fraction of sp³-hybridized carbons (Fsp3) is 0.188. The topological polar surface area (TPSA) is 89.7 Å². The van der Waals surface area contributed by atoms with Crippen molar-refractivity contribution in [3.63, 3.8) is 0 Å². The van der Waals surface area contributed by atoms with Crippen LogP contribution in [0.5, 0.6) is 0 Å². The summed E-state index contributed by atoms with van der Waals surface area (Å²) in [5.74, 6) is -1.02. The number of anilines is 1. The van der Waals surface area contributed by atoms with Crippen LogP contribution in [-0.4, -0.2) is 28.5 Å². The first kappa shape index (κ1) is 17.9. The van der Waals surface area contributed by atoms with E-state index in [1.54, 1.807) is 24.1 Å². The number of rotatable bonds is 5. The van der Waals surface area contributed by atoms with E-state index < -0.39 is 16.0 Å². The molecule has 0 bridgehead atoms. The summed E-state index contributed by atoms with van der Waals surface area (Å²) in [5, 5.41) is 5.10. The Kier molecular flexibility index (Phi) is 5.20. The van der Waals surface area contributed by atoms with Crippen LogP contribution in [0.4, 0.5) is 10.1 Å². The fourth-order valence-electron chi connectivity index (χ4n) is 2.25. The number of sulfonamides is 1. The molecule has 0 radical (unpaired) electrons. The number of ether oxygens (including phenoxy) is 1. The van der Waals surface area contributed by atoms with Gasteiger partial charge >= 0.3 is 5.97 Å². The first-order valence-corrected chi connectivity index (χ1v) is 8.47. The summed E-state index contributed by atoms with van der Waals surface area (Å²) >= 11 is 0. The highest BCUT2D eigenvalue weighted by Crippen LogP contribution is 2.25. The van der Waals surface area contributed by atoms with Crippen LogP contribution >= 0.6 is 0 Å². The van der Waals surface area contributed by atoms with E-state index in [1.165, 1.54) is 37.4 Å². The molecule has 0 atom stereocenters. The van der Waals surface area contributed by atoms with E-state index in [-0.39, 0.29) is 16.3 Å². The van der Waals surface area contributed by atoms with Crippen LogP contribution in [-0.2, 0) is 21.3 Å². The Labute approximate surface area is 139 Å². The molecule has 0 saturated carbocycles. The van der Waals surface area contributed by atoms with Crippen molar-refractivity contribution in [3.05, 3.63) is 59.4 Å². The molecule has 128 valence electrons. The zero-order valence-corrected chi connectivity index (χ0v) is 14.0. The lowest BCUT2D eigenvalue weighted by atomic mass is 10.1. The van der Waals surface area contributed by atoms with Gasteiger partial charge in [0.2, 0.25) is 10.0 Å². The maximum Gasteiger partial charge on any atom is 0.340 e. The molecule has 0 aliphatic heterocycles. The lowest BCUT2D eigenvalue weighted by Gasteiger charge is -2.22. The van der Waals surface area contributed by atoms with Gasteiger partial charge in [0.25, 0.3) is 0 Å². The van der Waals surface area contributed by atoms with E-state index in [0.717, 1.165) is 5.56 Å². The molecule has 2 N–H and O–H groups in total. The Bertz CT molecular complexity index is 851. The average Bonchev–Trinajstić information content (AvgIpc) is 2.54. The molecule has 2 rings (SSSR count). The average molecular weight is 352 g/mol. The molecule has 0 aliphatic rings. The van der Waals surface area contributed by atoms with Gasteiger partial charge in [0.05, 0.1) is 23.3 Å². The molecule has 0 spiro atoms. The Hall–Kier alpha value is -2.45. The number of nitrogens with two attached hydrogens (primary N) is 1. The smallest absolute Gasteiger partial charge is 0.340 e. The van der Waals surface area contributed by atoms with Gasteiger partial charge in [-0.2, -0.15) is 0 Å². The van der Waals surface area contributed by atoms with E-state index in [1.807, 2.05) is 0 Å². The summed E-state index contributed by atoms with van der Waals surface area (Å²) in [4.78, 5) is 13.5. The van der Waals surface area contributed by atoms with Crippen molar-refractivity contribution in [1.82, 2.24) is 0 Å². The van der Waals surface area contributed by atoms with Crippen molar-refractivity contribution in [2.75, 3.05) is 19.1 Å². The molecule has 8 heteroatoms. The normalized spacial score (nSPS) is 11.2. The van der Waals surface area contributed by atoms with Crippen LogP contribution < -0.4 is 10.0 Å². The van der Waals surface area contributed by atoms with Crippen molar-refractivity contribution in [2.45, 2.75) is 11.4 Å². The monoisotopic (exact) mass is 352 g/mol. The van der Waals surface area contributed by atoms with Crippen molar-refractivity contribution < 1.29 is 22.3 Å². The van der Waals surface area contributed by atoms with E-state index in [9.17, 15) is 17.6 Å². The van der Waals surface area contributed by atoms with Gasteiger partial charge in [-0.3, -0.25) is 0 Å². The Morgan fingerprint density at radius 2 is 1.83 bits per heavy atom. The second kappa shape index (κ2) is 6.98. The van der Waals surface area contributed by atoms with Gasteiger partial charge in [-0.1, -0.05) is 12.1 Å². The molecule has 0 heterocycles. The van der Waals surface area contributed by atoms with Crippen LogP contribution in [0.2, 0.25) is 0 Å². The fourth-order valence-corrected chi connectivity index (χ4v) is 2.79. The number of hydrogen-bond acceptors (Lipinski definition) is 5. The van der Waals surface area contributed by atoms with Crippen LogP contribution in [0, 0.1) is 5.82 Å². The highest BCUT2D eigenvalue weighted by Gasteiger charge is 2.19. The number of esters is 1. The quantitative estimate of drug-likeness (QED) is 0.830. The number of benzene rings is 2. The van der Waals surface area contributed by atoms with Crippen LogP contribution in [0.25, 0.3) is 0 Å². The Morgan fingerprint density at radius 1 is 1.21 bits per heavy atom. The van der Waals surface area contributed by atoms with Crippen molar-refractivity contribution >= 4 is 21.7 Å². The van der Waals surface area contributed by atoms with Crippen LogP contribution in [0.15, 0.2) is 47.4 Å². The lowest BCUT2D eigenvalue weighted by molar-refractivity contribution is 0.0601. The molecule has 0 amide bonds. The van der Waals surface area contributed by atoms with Crippen molar-refractivity contribution in [1.29, 1.82) is 0 Å². The first-order chi connectivity index (χ1) is 11.2. The third-order valence-electron chi connectivity index (χ3n) is 3.45. The summed E-state index contributed by atoms with van der Waals surface area (Å²) in [6, 6.07) is 9.92. The predicted octanol–water partition coefficient (Wildman–Crippen LogP) is 1.90. The zero-order chi connectivity index (χ0) is 17.9. The van der Waals surface area contributed by atoms with Crippen LogP contribution in [0.1, 0.15) is 15.9 Å². The molecule has 0 unspecified atom stereocenters. The van der Waals surface area contributed by atoms with Crippen molar-refractivity contribution in [2.24, 2.45) is 5.14 Å². The maximum atomic E-state index is 13.0. The number of carbonyl (C=O) groups excluding carboxylic acids is 1. The summed E-state index contributed by atoms with van der Waals surface area (Å²) in [6.45, 7) is 0.388. The number of hydrogen-bond donors (Lipinski definition) is 1. The van der Waals surface area contributed by atoms with E-state index >= 15 is 0 Å². The molecule has 0 fully saturated rings. The number of methoxy groups -OCH3 is 1. The number of halogens is 1. The van der Waals surface area contributed by atoms with Crippen LogP contribution in [0.3, 0.4) is 0 Å². The molecule has 6 nitrogen and oxygen atoms in total. The first-order valence-electron chi connectivity index (χ1n) is 6.93. The second-order valence-corrected chi connectivity index (χ2v) is 6.76. The molecule has 0 aliphatic carbocycles. The standard InChI is InChI=1S/C16H17FN2O4S/c1-19(10-11-3-5-12(17)6-4-11)15-8-7-13(24(18,21)22)9-14(15)16(20)23-2/h3-9H,10H2,1-2H3,(H2,18,21,22). The SMILES string of the molecule is COC(=O)c1cc(S(N)(=O)=O)ccc1N(C)Cc1ccc(F)cc1. The van der Waals surface area contributed by atoms with Gasteiger partial charge in [-0.25, -0.2) is 22.7 Å². The molecular formula is C16H17FN2O4S. The molecular weight excluding hydrogens is 335 g/mol. The van der Waals surface area contributed by atoms with Gasteiger partial charge in [0, 0.05) is 13.6 Å². The highest BCUT2D eigenvalue weighted by atomic mass is 32.2.